The third-order valence-electron chi connectivity index (χ3n) is 8.08. The van der Waals surface area contributed by atoms with Crippen LogP contribution in [-0.2, 0) is 18.1 Å². The van der Waals surface area contributed by atoms with Gasteiger partial charge in [0, 0.05) is 49.6 Å². The van der Waals surface area contributed by atoms with Gasteiger partial charge in [-0.15, -0.1) is 5.10 Å². The lowest BCUT2D eigenvalue weighted by molar-refractivity contribution is -0.207. The molecule has 0 spiro atoms. The Bertz CT molecular complexity index is 1940. The average molecular weight is 651 g/mol. The van der Waals surface area contributed by atoms with Crippen molar-refractivity contribution in [1.82, 2.24) is 25.2 Å². The SMILES string of the molecule is N#Cc1ccc(N2CCN(c3ccc(-c4ccc(C(F)(F)C(O)(Cn5cnnn5)c5ccc(F)cc5F)nc4)cc3F)CC2)c(F)c1. The van der Waals surface area contributed by atoms with E-state index in [0.29, 0.717) is 55.2 Å². The zero-order valence-corrected chi connectivity index (χ0v) is 24.3. The van der Waals surface area contributed by atoms with Crippen molar-refractivity contribution in [3.63, 3.8) is 0 Å². The number of piperazine rings is 1. The summed E-state index contributed by atoms with van der Waals surface area (Å²) < 4.78 is 91.1. The van der Waals surface area contributed by atoms with Crippen molar-refractivity contribution in [3.8, 4) is 17.2 Å². The number of nitrogens with zero attached hydrogens (tertiary/aromatic N) is 8. The van der Waals surface area contributed by atoms with Crippen LogP contribution in [0, 0.1) is 34.6 Å². The maximum atomic E-state index is 16.1. The van der Waals surface area contributed by atoms with Crippen molar-refractivity contribution in [2.24, 2.45) is 0 Å². The summed E-state index contributed by atoms with van der Waals surface area (Å²) in [4.78, 5) is 7.46. The van der Waals surface area contributed by atoms with Crippen LogP contribution in [0.4, 0.5) is 37.7 Å². The topological polar surface area (TPSA) is 107 Å². The molecule has 1 unspecified atom stereocenters. The second-order valence-corrected chi connectivity index (χ2v) is 10.9. The van der Waals surface area contributed by atoms with E-state index in [-0.39, 0.29) is 11.1 Å². The van der Waals surface area contributed by atoms with Gasteiger partial charge >= 0.3 is 5.92 Å². The predicted octanol–water partition coefficient (Wildman–Crippen LogP) is 5.17. The van der Waals surface area contributed by atoms with Gasteiger partial charge in [-0.3, -0.25) is 4.98 Å². The second kappa shape index (κ2) is 12.4. The zero-order valence-electron chi connectivity index (χ0n) is 24.3. The van der Waals surface area contributed by atoms with Crippen LogP contribution in [0.1, 0.15) is 16.8 Å². The maximum Gasteiger partial charge on any atom is 0.323 e. The lowest BCUT2D eigenvalue weighted by Crippen LogP contribution is -2.48. The molecule has 1 aliphatic rings. The molecule has 6 rings (SSSR count). The van der Waals surface area contributed by atoms with E-state index in [1.54, 1.807) is 23.1 Å². The second-order valence-electron chi connectivity index (χ2n) is 10.9. The van der Waals surface area contributed by atoms with Crippen LogP contribution in [0.3, 0.4) is 0 Å². The van der Waals surface area contributed by atoms with E-state index < -0.39 is 52.6 Å². The fourth-order valence-corrected chi connectivity index (χ4v) is 5.59. The van der Waals surface area contributed by atoms with Crippen molar-refractivity contribution < 1.29 is 31.4 Å². The number of hydrogen-bond donors (Lipinski definition) is 1. The van der Waals surface area contributed by atoms with E-state index in [1.807, 2.05) is 11.0 Å². The van der Waals surface area contributed by atoms with Gasteiger partial charge in [0.1, 0.15) is 35.3 Å². The van der Waals surface area contributed by atoms with E-state index >= 15 is 13.2 Å². The predicted molar refractivity (Wildman–Crippen MR) is 157 cm³/mol. The van der Waals surface area contributed by atoms with E-state index in [2.05, 4.69) is 20.5 Å². The normalized spacial score (nSPS) is 14.9. The molecule has 1 N–H and O–H groups in total. The van der Waals surface area contributed by atoms with Crippen molar-refractivity contribution >= 4 is 11.4 Å². The van der Waals surface area contributed by atoms with Gasteiger partial charge in [0.05, 0.1) is 29.6 Å². The Morgan fingerprint density at radius 3 is 2.00 bits per heavy atom. The first-order chi connectivity index (χ1) is 22.5. The number of hydrogen-bond acceptors (Lipinski definition) is 8. The number of tetrazole rings is 1. The monoisotopic (exact) mass is 650 g/mol. The first kappa shape index (κ1) is 31.5. The van der Waals surface area contributed by atoms with Gasteiger partial charge in [-0.25, -0.2) is 22.2 Å². The first-order valence-corrected chi connectivity index (χ1v) is 14.2. The fraction of sp³-hybridized carbons (Fsp3) is 0.219. The highest BCUT2D eigenvalue weighted by Gasteiger charge is 2.58. The minimum atomic E-state index is -4.24. The van der Waals surface area contributed by atoms with Gasteiger partial charge in [0.25, 0.3) is 0 Å². The third-order valence-corrected chi connectivity index (χ3v) is 8.08. The Morgan fingerprint density at radius 2 is 1.45 bits per heavy atom. The summed E-state index contributed by atoms with van der Waals surface area (Å²) in [6, 6.07) is 14.5. The molecular formula is C32H24F6N8O. The van der Waals surface area contributed by atoms with Crippen LogP contribution in [-0.4, -0.2) is 56.5 Å². The molecule has 0 radical (unpaired) electrons. The van der Waals surface area contributed by atoms with Crippen LogP contribution in [0.15, 0.2) is 79.3 Å². The average Bonchev–Trinajstić information content (AvgIpc) is 3.57. The highest BCUT2D eigenvalue weighted by molar-refractivity contribution is 5.67. The minimum Gasteiger partial charge on any atom is -0.377 e. The molecule has 0 saturated carbocycles. The Kier molecular flexibility index (Phi) is 8.29. The molecule has 1 fully saturated rings. The summed E-state index contributed by atoms with van der Waals surface area (Å²) in [6.45, 7) is 0.602. The Morgan fingerprint density at radius 1 is 0.787 bits per heavy atom. The highest BCUT2D eigenvalue weighted by Crippen LogP contribution is 2.47. The minimum absolute atomic E-state index is 0.216. The largest absolute Gasteiger partial charge is 0.377 e. The molecule has 3 heterocycles. The molecule has 1 aliphatic heterocycles. The van der Waals surface area contributed by atoms with Crippen LogP contribution in [0.5, 0.6) is 0 Å². The zero-order chi connectivity index (χ0) is 33.3. The van der Waals surface area contributed by atoms with E-state index in [0.717, 1.165) is 29.3 Å². The highest BCUT2D eigenvalue weighted by atomic mass is 19.3. The van der Waals surface area contributed by atoms with Gasteiger partial charge in [0.15, 0.2) is 5.60 Å². The van der Waals surface area contributed by atoms with Crippen LogP contribution in [0.2, 0.25) is 0 Å². The van der Waals surface area contributed by atoms with Gasteiger partial charge in [-0.2, -0.15) is 14.0 Å². The van der Waals surface area contributed by atoms with Crippen molar-refractivity contribution in [3.05, 3.63) is 119 Å². The molecule has 5 aromatic rings. The molecule has 1 atom stereocenters. The summed E-state index contributed by atoms with van der Waals surface area (Å²) in [7, 11) is 0. The summed E-state index contributed by atoms with van der Waals surface area (Å²) >= 11 is 0. The maximum absolute atomic E-state index is 16.1. The number of benzene rings is 3. The van der Waals surface area contributed by atoms with Gasteiger partial charge in [-0.1, -0.05) is 12.1 Å². The van der Waals surface area contributed by atoms with E-state index in [9.17, 15) is 18.3 Å². The standard InChI is InChI=1S/C32H24F6N8O/c33-23-4-5-24(25(34)15-23)31(47,18-46-19-41-42-43-46)32(37,38)30-8-3-22(17-40-30)21-2-7-29(27(36)14-21)45-11-9-44(10-12-45)28-6-1-20(16-39)13-26(28)35/h1-8,13-15,17,19,47H,9-12,18H2. The quantitative estimate of drug-likeness (QED) is 0.230. The molecule has 0 bridgehead atoms. The van der Waals surface area contributed by atoms with Crippen molar-refractivity contribution in [2.45, 2.75) is 18.1 Å². The molecule has 2 aromatic heterocycles. The summed E-state index contributed by atoms with van der Waals surface area (Å²) in [6.07, 6.45) is 2.02. The summed E-state index contributed by atoms with van der Waals surface area (Å²) in [5, 5.41) is 30.5. The third kappa shape index (κ3) is 5.95. The molecular weight excluding hydrogens is 626 g/mol. The van der Waals surface area contributed by atoms with Crippen molar-refractivity contribution in [2.75, 3.05) is 36.0 Å². The number of nitriles is 1. The van der Waals surface area contributed by atoms with Crippen molar-refractivity contribution in [1.29, 1.82) is 5.26 Å². The Hall–Kier alpha value is -5.49. The van der Waals surface area contributed by atoms with Crippen LogP contribution in [0.25, 0.3) is 11.1 Å². The molecule has 15 heteroatoms. The fourth-order valence-electron chi connectivity index (χ4n) is 5.59. The Labute approximate surface area is 263 Å². The van der Waals surface area contributed by atoms with Gasteiger partial charge in [-0.05, 0) is 64.5 Å². The lowest BCUT2D eigenvalue weighted by atomic mass is 9.84. The molecule has 0 amide bonds. The first-order valence-electron chi connectivity index (χ1n) is 14.2. The smallest absolute Gasteiger partial charge is 0.323 e. The molecule has 0 aliphatic carbocycles. The van der Waals surface area contributed by atoms with Crippen LogP contribution >= 0.6 is 0 Å². The molecule has 240 valence electrons. The number of aliphatic hydroxyl groups is 1. The Balaban J connectivity index is 1.21. The molecule has 47 heavy (non-hydrogen) atoms. The van der Waals surface area contributed by atoms with Crippen LogP contribution < -0.4 is 9.80 Å². The number of aromatic nitrogens is 5. The number of rotatable bonds is 8. The number of anilines is 2. The molecule has 9 nitrogen and oxygen atoms in total. The van der Waals surface area contributed by atoms with E-state index in [4.69, 9.17) is 5.26 Å². The summed E-state index contributed by atoms with van der Waals surface area (Å²) in [5.74, 6) is -7.76. The lowest BCUT2D eigenvalue weighted by Gasteiger charge is -2.37. The molecule has 3 aromatic carbocycles. The number of pyridine rings is 1. The summed E-state index contributed by atoms with van der Waals surface area (Å²) in [5.41, 5.74) is -3.63. The number of alkyl halides is 2. The molecule has 1 saturated heterocycles. The number of halogens is 6. The van der Waals surface area contributed by atoms with E-state index in [1.165, 1.54) is 24.3 Å². The van der Waals surface area contributed by atoms with Gasteiger partial charge in [0.2, 0.25) is 0 Å². The van der Waals surface area contributed by atoms with Gasteiger partial charge < -0.3 is 14.9 Å².